The molecule has 68 valence electrons. The van der Waals surface area contributed by atoms with Gasteiger partial charge in [0.15, 0.2) is 0 Å². The second kappa shape index (κ2) is 3.69. The van der Waals surface area contributed by atoms with E-state index in [4.69, 9.17) is 0 Å². The Bertz CT molecular complexity index is 179. The third kappa shape index (κ3) is 1.76. The van der Waals surface area contributed by atoms with Crippen LogP contribution in [0, 0.1) is 5.92 Å². The summed E-state index contributed by atoms with van der Waals surface area (Å²) >= 11 is 1.92. The minimum atomic E-state index is 0.261. The highest BCUT2D eigenvalue weighted by molar-refractivity contribution is 7.99. The standard InChI is InChI=1S/C9H15NOS/c11-9-4-5-12-6-8(10-9)7-2-1-3-7/h7-8H,1-6H2,(H,10,11). The first kappa shape index (κ1) is 8.42. The molecule has 0 bridgehead atoms. The largest absolute Gasteiger partial charge is 0.352 e. The summed E-state index contributed by atoms with van der Waals surface area (Å²) in [6.45, 7) is 0. The highest BCUT2D eigenvalue weighted by Crippen LogP contribution is 2.31. The molecule has 2 nitrogen and oxygen atoms in total. The summed E-state index contributed by atoms with van der Waals surface area (Å²) in [5, 5.41) is 3.12. The summed E-state index contributed by atoms with van der Waals surface area (Å²) in [6.07, 6.45) is 4.73. The van der Waals surface area contributed by atoms with Crippen molar-refractivity contribution in [1.82, 2.24) is 5.32 Å². The van der Waals surface area contributed by atoms with Crippen molar-refractivity contribution >= 4 is 17.7 Å². The van der Waals surface area contributed by atoms with Gasteiger partial charge in [-0.25, -0.2) is 0 Å². The SMILES string of the molecule is O=C1CCSCC(C2CCC2)N1. The molecule has 2 rings (SSSR count). The summed E-state index contributed by atoms with van der Waals surface area (Å²) in [7, 11) is 0. The third-order valence-electron chi connectivity index (χ3n) is 2.84. The third-order valence-corrected chi connectivity index (χ3v) is 3.92. The lowest BCUT2D eigenvalue weighted by molar-refractivity contribution is -0.121. The summed E-state index contributed by atoms with van der Waals surface area (Å²) in [5.41, 5.74) is 0. The second-order valence-corrected chi connectivity index (χ2v) is 4.84. The molecule has 3 heteroatoms. The molecule has 0 radical (unpaired) electrons. The fourth-order valence-electron chi connectivity index (χ4n) is 1.79. The average Bonchev–Trinajstić information content (AvgIpc) is 2.10. The zero-order chi connectivity index (χ0) is 8.39. The van der Waals surface area contributed by atoms with E-state index in [0.717, 1.165) is 17.4 Å². The van der Waals surface area contributed by atoms with Crippen molar-refractivity contribution in [2.45, 2.75) is 31.7 Å². The molecular formula is C9H15NOS. The summed E-state index contributed by atoms with van der Waals surface area (Å²) in [6, 6.07) is 0.485. The van der Waals surface area contributed by atoms with Crippen LogP contribution in [0.5, 0.6) is 0 Å². The predicted octanol–water partition coefficient (Wildman–Crippen LogP) is 1.41. The fourth-order valence-corrected chi connectivity index (χ4v) is 2.90. The van der Waals surface area contributed by atoms with Gasteiger partial charge in [-0.05, 0) is 18.8 Å². The van der Waals surface area contributed by atoms with Gasteiger partial charge in [0.05, 0.1) is 0 Å². The van der Waals surface area contributed by atoms with E-state index in [-0.39, 0.29) is 5.91 Å². The van der Waals surface area contributed by atoms with Crippen LogP contribution >= 0.6 is 11.8 Å². The Kier molecular flexibility index (Phi) is 2.59. The lowest BCUT2D eigenvalue weighted by Crippen LogP contribution is -2.43. The minimum Gasteiger partial charge on any atom is -0.352 e. The Morgan fingerprint density at radius 1 is 1.42 bits per heavy atom. The highest BCUT2D eigenvalue weighted by atomic mass is 32.2. The lowest BCUT2D eigenvalue weighted by Gasteiger charge is -2.33. The van der Waals surface area contributed by atoms with Crippen LogP contribution in [0.1, 0.15) is 25.7 Å². The van der Waals surface area contributed by atoms with Gasteiger partial charge in [-0.3, -0.25) is 4.79 Å². The molecular weight excluding hydrogens is 170 g/mol. The Hall–Kier alpha value is -0.180. The highest BCUT2D eigenvalue weighted by Gasteiger charge is 2.29. The molecule has 12 heavy (non-hydrogen) atoms. The van der Waals surface area contributed by atoms with Crippen molar-refractivity contribution in [3.8, 4) is 0 Å². The van der Waals surface area contributed by atoms with E-state index in [0.29, 0.717) is 12.5 Å². The first-order valence-corrected chi connectivity index (χ1v) is 5.89. The molecule has 1 atom stereocenters. The molecule has 0 aromatic heterocycles. The van der Waals surface area contributed by atoms with Gasteiger partial charge in [-0.15, -0.1) is 0 Å². The smallest absolute Gasteiger partial charge is 0.221 e. The van der Waals surface area contributed by atoms with Crippen LogP contribution in [-0.2, 0) is 4.79 Å². The molecule has 1 aliphatic carbocycles. The van der Waals surface area contributed by atoms with Crippen LogP contribution in [0.3, 0.4) is 0 Å². The van der Waals surface area contributed by atoms with Crippen LogP contribution in [0.15, 0.2) is 0 Å². The van der Waals surface area contributed by atoms with E-state index in [1.54, 1.807) is 0 Å². The van der Waals surface area contributed by atoms with Crippen molar-refractivity contribution in [3.05, 3.63) is 0 Å². The maximum atomic E-state index is 11.2. The van der Waals surface area contributed by atoms with E-state index in [2.05, 4.69) is 5.32 Å². The van der Waals surface area contributed by atoms with Crippen LogP contribution in [-0.4, -0.2) is 23.5 Å². The molecule has 0 aromatic rings. The van der Waals surface area contributed by atoms with Crippen molar-refractivity contribution < 1.29 is 4.79 Å². The van der Waals surface area contributed by atoms with E-state index >= 15 is 0 Å². The molecule has 2 aliphatic rings. The molecule has 1 N–H and O–H groups in total. The molecule has 1 aliphatic heterocycles. The first-order valence-electron chi connectivity index (χ1n) is 4.73. The van der Waals surface area contributed by atoms with Gasteiger partial charge in [0, 0.05) is 24.0 Å². The van der Waals surface area contributed by atoms with Crippen LogP contribution < -0.4 is 5.32 Å². The van der Waals surface area contributed by atoms with Crippen LogP contribution in [0.25, 0.3) is 0 Å². The fraction of sp³-hybridized carbons (Fsp3) is 0.889. The number of rotatable bonds is 1. The Labute approximate surface area is 77.5 Å². The molecule has 2 fully saturated rings. The summed E-state index contributed by atoms with van der Waals surface area (Å²) in [5.74, 6) is 3.20. The average molecular weight is 185 g/mol. The molecule has 0 aromatic carbocycles. The maximum absolute atomic E-state index is 11.2. The van der Waals surface area contributed by atoms with E-state index in [9.17, 15) is 4.79 Å². The molecule has 0 spiro atoms. The topological polar surface area (TPSA) is 29.1 Å². The summed E-state index contributed by atoms with van der Waals surface area (Å²) < 4.78 is 0. The second-order valence-electron chi connectivity index (χ2n) is 3.69. The van der Waals surface area contributed by atoms with Crippen molar-refractivity contribution in [1.29, 1.82) is 0 Å². The lowest BCUT2D eigenvalue weighted by atomic mass is 9.80. The van der Waals surface area contributed by atoms with Gasteiger partial charge in [0.25, 0.3) is 0 Å². The Balaban J connectivity index is 1.89. The number of hydrogen-bond acceptors (Lipinski definition) is 2. The quantitative estimate of drug-likeness (QED) is 0.669. The van der Waals surface area contributed by atoms with Gasteiger partial charge < -0.3 is 5.32 Å². The number of nitrogens with one attached hydrogen (secondary N) is 1. The first-order chi connectivity index (χ1) is 5.86. The van der Waals surface area contributed by atoms with Crippen molar-refractivity contribution in [2.24, 2.45) is 5.92 Å². The zero-order valence-corrected chi connectivity index (χ0v) is 8.03. The zero-order valence-electron chi connectivity index (χ0n) is 7.21. The predicted molar refractivity (Wildman–Crippen MR) is 51.2 cm³/mol. The van der Waals surface area contributed by atoms with Gasteiger partial charge in [-0.1, -0.05) is 6.42 Å². The molecule has 1 saturated heterocycles. The maximum Gasteiger partial charge on any atom is 0.221 e. The van der Waals surface area contributed by atoms with E-state index in [1.807, 2.05) is 11.8 Å². The normalized spacial score (nSPS) is 32.0. The number of hydrogen-bond donors (Lipinski definition) is 1. The van der Waals surface area contributed by atoms with E-state index < -0.39 is 0 Å². The van der Waals surface area contributed by atoms with E-state index in [1.165, 1.54) is 19.3 Å². The van der Waals surface area contributed by atoms with Crippen LogP contribution in [0.2, 0.25) is 0 Å². The van der Waals surface area contributed by atoms with Gasteiger partial charge >= 0.3 is 0 Å². The minimum absolute atomic E-state index is 0.261. The Morgan fingerprint density at radius 3 is 2.92 bits per heavy atom. The van der Waals surface area contributed by atoms with Crippen molar-refractivity contribution in [2.75, 3.05) is 11.5 Å². The molecule has 1 heterocycles. The molecule has 1 unspecified atom stereocenters. The number of carbonyl (C=O) groups excluding carboxylic acids is 1. The Morgan fingerprint density at radius 2 is 2.25 bits per heavy atom. The van der Waals surface area contributed by atoms with Gasteiger partial charge in [0.1, 0.15) is 0 Å². The van der Waals surface area contributed by atoms with Gasteiger partial charge in [-0.2, -0.15) is 11.8 Å². The summed E-state index contributed by atoms with van der Waals surface area (Å²) in [4.78, 5) is 11.2. The number of carbonyl (C=O) groups is 1. The van der Waals surface area contributed by atoms with Gasteiger partial charge in [0.2, 0.25) is 5.91 Å². The number of amides is 1. The molecule has 1 saturated carbocycles. The number of thioether (sulfide) groups is 1. The molecule has 1 amide bonds. The monoisotopic (exact) mass is 185 g/mol. The van der Waals surface area contributed by atoms with Crippen LogP contribution in [0.4, 0.5) is 0 Å². The van der Waals surface area contributed by atoms with Crippen molar-refractivity contribution in [3.63, 3.8) is 0 Å².